The number of amides is 2. The third kappa shape index (κ3) is 3.07. The summed E-state index contributed by atoms with van der Waals surface area (Å²) in [5.41, 5.74) is 1.42. The van der Waals surface area contributed by atoms with E-state index in [0.717, 1.165) is 10.5 Å². The fourth-order valence-corrected chi connectivity index (χ4v) is 3.03. The summed E-state index contributed by atoms with van der Waals surface area (Å²) in [6.45, 7) is 1.26. The normalized spacial score (nSPS) is 14.1. The molecule has 2 aromatic carbocycles. The van der Waals surface area contributed by atoms with E-state index in [1.54, 1.807) is 30.5 Å². The summed E-state index contributed by atoms with van der Waals surface area (Å²) < 4.78 is 10.8. The molecule has 0 bridgehead atoms. The highest BCUT2D eigenvalue weighted by molar-refractivity contribution is 6.22. The molecule has 1 aliphatic rings. The molecule has 0 N–H and O–H groups in total. The maximum Gasteiger partial charge on any atom is 0.329 e. The van der Waals surface area contributed by atoms with Crippen molar-refractivity contribution < 1.29 is 23.5 Å². The highest BCUT2D eigenvalue weighted by atomic mass is 16.5. The van der Waals surface area contributed by atoms with E-state index in [4.69, 9.17) is 9.15 Å². The number of ether oxygens (including phenoxy) is 1. The number of aromatic nitrogens is 1. The van der Waals surface area contributed by atoms with Crippen molar-refractivity contribution in [2.75, 3.05) is 0 Å². The van der Waals surface area contributed by atoms with Crippen LogP contribution in [0.15, 0.2) is 65.2 Å². The van der Waals surface area contributed by atoms with Crippen LogP contribution in [0, 0.1) is 0 Å². The molecule has 0 radical (unpaired) electrons. The fourth-order valence-electron chi connectivity index (χ4n) is 3.03. The zero-order valence-corrected chi connectivity index (χ0v) is 15.0. The van der Waals surface area contributed by atoms with E-state index in [1.165, 1.54) is 6.92 Å². The van der Waals surface area contributed by atoms with Gasteiger partial charge in [0.25, 0.3) is 11.8 Å². The van der Waals surface area contributed by atoms with Gasteiger partial charge in [0, 0.05) is 5.56 Å². The molecule has 0 spiro atoms. The molecule has 0 unspecified atom stereocenters. The van der Waals surface area contributed by atoms with E-state index >= 15 is 0 Å². The average molecular weight is 376 g/mol. The summed E-state index contributed by atoms with van der Waals surface area (Å²) in [4.78, 5) is 42.3. The number of fused-ring (bicyclic) bond motifs is 1. The number of hydrogen-bond donors (Lipinski definition) is 0. The summed E-state index contributed by atoms with van der Waals surface area (Å²) in [5.74, 6) is -0.948. The van der Waals surface area contributed by atoms with Gasteiger partial charge in [0.2, 0.25) is 5.89 Å². The van der Waals surface area contributed by atoms with Crippen molar-refractivity contribution in [1.29, 1.82) is 0 Å². The van der Waals surface area contributed by atoms with Crippen molar-refractivity contribution >= 4 is 17.8 Å². The number of benzene rings is 2. The van der Waals surface area contributed by atoms with Crippen molar-refractivity contribution in [2.24, 2.45) is 0 Å². The van der Waals surface area contributed by atoms with E-state index in [-0.39, 0.29) is 23.6 Å². The summed E-state index contributed by atoms with van der Waals surface area (Å²) in [5, 5.41) is 0. The molecule has 4 rings (SSSR count). The molecular formula is C21H16N2O5. The van der Waals surface area contributed by atoms with Gasteiger partial charge in [-0.15, -0.1) is 0 Å². The second kappa shape index (κ2) is 7.11. The monoisotopic (exact) mass is 376 g/mol. The number of carbonyl (C=O) groups is 3. The Balaban J connectivity index is 1.42. The van der Waals surface area contributed by atoms with Crippen LogP contribution < -0.4 is 0 Å². The van der Waals surface area contributed by atoms with E-state index in [2.05, 4.69) is 4.98 Å². The third-order valence-electron chi connectivity index (χ3n) is 4.50. The van der Waals surface area contributed by atoms with Crippen LogP contribution in [-0.4, -0.2) is 33.7 Å². The fraction of sp³-hybridized carbons (Fsp3) is 0.143. The number of nitrogens with zero attached hydrogens (tertiary/aromatic N) is 2. The first-order chi connectivity index (χ1) is 13.6. The standard InChI is InChI=1S/C21H16N2O5/c1-13(23-19(24)15-9-5-6-10-16(15)20(23)25)21(26)27-12-18-22-11-17(28-18)14-7-3-2-4-8-14/h2-11,13H,12H2,1H3/t13-/m1/s1. The molecule has 7 nitrogen and oxygen atoms in total. The third-order valence-corrected chi connectivity index (χ3v) is 4.50. The van der Waals surface area contributed by atoms with E-state index in [9.17, 15) is 14.4 Å². The van der Waals surface area contributed by atoms with Crippen LogP contribution in [0.5, 0.6) is 0 Å². The Morgan fingerprint density at radius 2 is 1.64 bits per heavy atom. The molecule has 2 amide bonds. The predicted molar refractivity (Wildman–Crippen MR) is 98.1 cm³/mol. The van der Waals surface area contributed by atoms with Gasteiger partial charge in [0.05, 0.1) is 17.3 Å². The summed E-state index contributed by atoms with van der Waals surface area (Å²) >= 11 is 0. The second-order valence-electron chi connectivity index (χ2n) is 6.29. The van der Waals surface area contributed by atoms with Gasteiger partial charge in [-0.2, -0.15) is 0 Å². The van der Waals surface area contributed by atoms with Crippen molar-refractivity contribution in [3.8, 4) is 11.3 Å². The van der Waals surface area contributed by atoms with Crippen LogP contribution in [0.3, 0.4) is 0 Å². The quantitative estimate of drug-likeness (QED) is 0.502. The lowest BCUT2D eigenvalue weighted by molar-refractivity contribution is -0.149. The topological polar surface area (TPSA) is 89.7 Å². The van der Waals surface area contributed by atoms with E-state index in [1.807, 2.05) is 30.3 Å². The maximum absolute atomic E-state index is 12.5. The molecule has 3 aromatic rings. The first-order valence-corrected chi connectivity index (χ1v) is 8.70. The number of esters is 1. The molecule has 0 saturated heterocycles. The molecule has 1 aliphatic heterocycles. The summed E-state index contributed by atoms with van der Waals surface area (Å²) in [6, 6.07) is 14.8. The molecule has 140 valence electrons. The molecule has 1 aromatic heterocycles. The zero-order chi connectivity index (χ0) is 19.7. The lowest BCUT2D eigenvalue weighted by Gasteiger charge is -2.20. The van der Waals surface area contributed by atoms with Crippen LogP contribution >= 0.6 is 0 Å². The van der Waals surface area contributed by atoms with Crippen LogP contribution in [-0.2, 0) is 16.1 Å². The van der Waals surface area contributed by atoms with Gasteiger partial charge < -0.3 is 9.15 Å². The molecule has 0 fully saturated rings. The first-order valence-electron chi connectivity index (χ1n) is 8.70. The van der Waals surface area contributed by atoms with Crippen LogP contribution in [0.4, 0.5) is 0 Å². The minimum atomic E-state index is -1.06. The van der Waals surface area contributed by atoms with Crippen LogP contribution in [0.25, 0.3) is 11.3 Å². The van der Waals surface area contributed by atoms with Crippen LogP contribution in [0.1, 0.15) is 33.5 Å². The van der Waals surface area contributed by atoms with Gasteiger partial charge in [-0.25, -0.2) is 9.78 Å². The SMILES string of the molecule is C[C@H](C(=O)OCc1ncc(-c2ccccc2)o1)N1C(=O)c2ccccc2C1=O. The molecule has 28 heavy (non-hydrogen) atoms. The second-order valence-corrected chi connectivity index (χ2v) is 6.29. The van der Waals surface area contributed by atoms with Gasteiger partial charge >= 0.3 is 5.97 Å². The lowest BCUT2D eigenvalue weighted by Crippen LogP contribution is -2.43. The molecule has 7 heteroatoms. The number of carbonyl (C=O) groups excluding carboxylic acids is 3. The largest absolute Gasteiger partial charge is 0.454 e. The van der Waals surface area contributed by atoms with Gasteiger partial charge in [-0.3, -0.25) is 14.5 Å². The zero-order valence-electron chi connectivity index (χ0n) is 15.0. The van der Waals surface area contributed by atoms with Gasteiger partial charge in [-0.05, 0) is 19.1 Å². The Hall–Kier alpha value is -3.74. The Labute approximate surface area is 160 Å². The Morgan fingerprint density at radius 3 is 2.29 bits per heavy atom. The Kier molecular flexibility index (Phi) is 4.49. The van der Waals surface area contributed by atoms with Gasteiger partial charge in [0.15, 0.2) is 12.4 Å². The highest BCUT2D eigenvalue weighted by Gasteiger charge is 2.41. The van der Waals surface area contributed by atoms with Crippen molar-refractivity contribution in [3.05, 3.63) is 77.8 Å². The Morgan fingerprint density at radius 1 is 1.04 bits per heavy atom. The first kappa shape index (κ1) is 17.7. The predicted octanol–water partition coefficient (Wildman–Crippen LogP) is 3.07. The average Bonchev–Trinajstić information content (AvgIpc) is 3.30. The number of hydrogen-bond acceptors (Lipinski definition) is 6. The van der Waals surface area contributed by atoms with E-state index in [0.29, 0.717) is 5.76 Å². The van der Waals surface area contributed by atoms with Gasteiger partial charge in [-0.1, -0.05) is 42.5 Å². The molecule has 0 saturated carbocycles. The minimum absolute atomic E-state index is 0.195. The highest BCUT2D eigenvalue weighted by Crippen LogP contribution is 2.25. The maximum atomic E-state index is 12.5. The molecule has 1 atom stereocenters. The summed E-state index contributed by atoms with van der Waals surface area (Å²) in [7, 11) is 0. The molecule has 0 aliphatic carbocycles. The smallest absolute Gasteiger partial charge is 0.329 e. The van der Waals surface area contributed by atoms with Crippen molar-refractivity contribution in [1.82, 2.24) is 9.88 Å². The Bertz CT molecular complexity index is 1020. The summed E-state index contributed by atoms with van der Waals surface area (Å²) in [6.07, 6.45) is 1.55. The molecular weight excluding hydrogens is 360 g/mol. The molecule has 2 heterocycles. The van der Waals surface area contributed by atoms with E-state index < -0.39 is 23.8 Å². The number of rotatable bonds is 5. The number of oxazole rings is 1. The van der Waals surface area contributed by atoms with Crippen LogP contribution in [0.2, 0.25) is 0 Å². The van der Waals surface area contributed by atoms with Crippen molar-refractivity contribution in [3.63, 3.8) is 0 Å². The lowest BCUT2D eigenvalue weighted by atomic mass is 10.1. The van der Waals surface area contributed by atoms with Gasteiger partial charge in [0.1, 0.15) is 6.04 Å². The minimum Gasteiger partial charge on any atom is -0.454 e. The number of imide groups is 1. The van der Waals surface area contributed by atoms with Crippen molar-refractivity contribution in [2.45, 2.75) is 19.6 Å².